The van der Waals surface area contributed by atoms with Gasteiger partial charge in [-0.25, -0.2) is 8.78 Å². The van der Waals surface area contributed by atoms with Gasteiger partial charge < -0.3 is 9.80 Å². The van der Waals surface area contributed by atoms with Crippen molar-refractivity contribution >= 4 is 29.3 Å². The minimum absolute atomic E-state index is 0.0623. The molecular weight excluding hydrogens is 418 g/mol. The first-order valence-corrected chi connectivity index (χ1v) is 10.9. The van der Waals surface area contributed by atoms with Gasteiger partial charge in [0.25, 0.3) is 11.8 Å². The summed E-state index contributed by atoms with van der Waals surface area (Å²) in [5.74, 6) is -1.02. The lowest BCUT2D eigenvalue weighted by Crippen LogP contribution is -2.50. The first-order chi connectivity index (χ1) is 15.0. The molecule has 1 fully saturated rings. The van der Waals surface area contributed by atoms with E-state index in [0.29, 0.717) is 29.1 Å². The minimum Gasteiger partial charge on any atom is -0.311 e. The van der Waals surface area contributed by atoms with Gasteiger partial charge in [-0.05, 0) is 30.3 Å². The van der Waals surface area contributed by atoms with E-state index in [9.17, 15) is 18.4 Å². The number of anilines is 1. The van der Waals surface area contributed by atoms with Crippen molar-refractivity contribution in [1.29, 1.82) is 0 Å². The van der Waals surface area contributed by atoms with Crippen molar-refractivity contribution in [3.8, 4) is 0 Å². The van der Waals surface area contributed by atoms with E-state index >= 15 is 0 Å². The summed E-state index contributed by atoms with van der Waals surface area (Å²) in [5.41, 5.74) is 1.94. The number of amides is 2. The quantitative estimate of drug-likeness (QED) is 0.605. The molecule has 1 unspecified atom stereocenters. The largest absolute Gasteiger partial charge is 0.311 e. The molecule has 2 amide bonds. The van der Waals surface area contributed by atoms with E-state index in [1.54, 1.807) is 24.3 Å². The predicted molar refractivity (Wildman–Crippen MR) is 116 cm³/mol. The smallest absolute Gasteiger partial charge is 0.268 e. The van der Waals surface area contributed by atoms with Gasteiger partial charge in [-0.15, -0.1) is 11.8 Å². The standard InChI is InChI=1S/C24H18F2N2O2S/c25-18-8-5-7-16(14-18)22(29)28-12-13-31-24(28)19-9-2-4-11-21(19)27(23(24)30)15-17-6-1-3-10-20(17)26/h1-11,14H,12-13,15H2. The number of hydrogen-bond donors (Lipinski definition) is 0. The SMILES string of the molecule is O=C(c1cccc(F)c1)N1CCSC12C(=O)N(Cc1ccccc1F)c1ccccc12. The van der Waals surface area contributed by atoms with Gasteiger partial charge in [0.1, 0.15) is 11.6 Å². The summed E-state index contributed by atoms with van der Waals surface area (Å²) in [7, 11) is 0. The average Bonchev–Trinajstić information content (AvgIpc) is 3.32. The molecule has 0 N–H and O–H groups in total. The summed E-state index contributed by atoms with van der Waals surface area (Å²) < 4.78 is 28.1. The van der Waals surface area contributed by atoms with Gasteiger partial charge in [0.05, 0.1) is 12.2 Å². The second kappa shape index (κ2) is 7.50. The van der Waals surface area contributed by atoms with Gasteiger partial charge in [-0.2, -0.15) is 0 Å². The van der Waals surface area contributed by atoms with Crippen LogP contribution in [-0.4, -0.2) is 29.0 Å². The Kier molecular flexibility index (Phi) is 4.78. The number of fused-ring (bicyclic) bond motifs is 2. The van der Waals surface area contributed by atoms with Crippen LogP contribution >= 0.6 is 11.8 Å². The first-order valence-electron chi connectivity index (χ1n) is 9.89. The van der Waals surface area contributed by atoms with Crippen LogP contribution in [0.3, 0.4) is 0 Å². The monoisotopic (exact) mass is 436 g/mol. The number of halogens is 2. The summed E-state index contributed by atoms with van der Waals surface area (Å²) in [4.78, 5) is 29.0. The molecule has 1 spiro atoms. The molecule has 31 heavy (non-hydrogen) atoms. The highest BCUT2D eigenvalue weighted by Crippen LogP contribution is 2.54. The van der Waals surface area contributed by atoms with Crippen LogP contribution in [0.25, 0.3) is 0 Å². The summed E-state index contributed by atoms with van der Waals surface area (Å²) in [6.07, 6.45) is 0. The zero-order chi connectivity index (χ0) is 21.6. The molecule has 3 aromatic rings. The van der Waals surface area contributed by atoms with Crippen LogP contribution in [0.4, 0.5) is 14.5 Å². The van der Waals surface area contributed by atoms with Crippen molar-refractivity contribution in [2.45, 2.75) is 11.4 Å². The fourth-order valence-corrected chi connectivity index (χ4v) is 5.76. The Morgan fingerprint density at radius 3 is 2.58 bits per heavy atom. The minimum atomic E-state index is -1.24. The molecule has 2 aliphatic rings. The van der Waals surface area contributed by atoms with Crippen LogP contribution in [0, 0.1) is 11.6 Å². The zero-order valence-electron chi connectivity index (χ0n) is 16.4. The normalized spacial score (nSPS) is 19.9. The maximum absolute atomic E-state index is 14.3. The van der Waals surface area contributed by atoms with Crippen molar-refractivity contribution < 1.29 is 18.4 Å². The predicted octanol–water partition coefficient (Wildman–Crippen LogP) is 4.55. The molecule has 0 bridgehead atoms. The zero-order valence-corrected chi connectivity index (χ0v) is 17.2. The Bertz CT molecular complexity index is 1200. The summed E-state index contributed by atoms with van der Waals surface area (Å²) in [5, 5.41) is 0. The van der Waals surface area contributed by atoms with Crippen molar-refractivity contribution in [3.05, 3.63) is 101 Å². The Morgan fingerprint density at radius 1 is 1.00 bits per heavy atom. The molecular formula is C24H18F2N2O2S. The van der Waals surface area contributed by atoms with Crippen LogP contribution in [0.2, 0.25) is 0 Å². The van der Waals surface area contributed by atoms with E-state index in [4.69, 9.17) is 0 Å². The van der Waals surface area contributed by atoms with Gasteiger partial charge in [0.15, 0.2) is 4.87 Å². The molecule has 0 radical (unpaired) electrons. The van der Waals surface area contributed by atoms with Gasteiger partial charge in [0, 0.05) is 29.0 Å². The molecule has 4 nitrogen and oxygen atoms in total. The highest BCUT2D eigenvalue weighted by molar-refractivity contribution is 8.01. The maximum Gasteiger partial charge on any atom is 0.268 e. The Balaban J connectivity index is 1.59. The number of benzene rings is 3. The van der Waals surface area contributed by atoms with Crippen LogP contribution < -0.4 is 4.90 Å². The fraction of sp³-hybridized carbons (Fsp3) is 0.167. The number of carbonyl (C=O) groups excluding carboxylic acids is 2. The fourth-order valence-electron chi connectivity index (χ4n) is 4.30. The summed E-state index contributed by atoms with van der Waals surface area (Å²) >= 11 is 1.38. The molecule has 1 atom stereocenters. The summed E-state index contributed by atoms with van der Waals surface area (Å²) in [6, 6.07) is 19.1. The third-order valence-corrected chi connectivity index (χ3v) is 7.12. The lowest BCUT2D eigenvalue weighted by molar-refractivity contribution is -0.123. The summed E-state index contributed by atoms with van der Waals surface area (Å²) in [6.45, 7) is 0.417. The van der Waals surface area contributed by atoms with Gasteiger partial charge in [-0.3, -0.25) is 9.59 Å². The molecule has 2 heterocycles. The van der Waals surface area contributed by atoms with Crippen molar-refractivity contribution in [3.63, 3.8) is 0 Å². The number of nitrogens with zero attached hydrogens (tertiary/aromatic N) is 2. The highest BCUT2D eigenvalue weighted by Gasteiger charge is 2.59. The molecule has 0 aromatic heterocycles. The second-order valence-electron chi connectivity index (χ2n) is 7.46. The maximum atomic E-state index is 14.3. The number of thioether (sulfide) groups is 1. The Labute approximate surface area is 182 Å². The topological polar surface area (TPSA) is 40.6 Å². The van der Waals surface area contributed by atoms with E-state index in [1.165, 1.54) is 45.8 Å². The molecule has 2 aliphatic heterocycles. The van der Waals surface area contributed by atoms with Gasteiger partial charge >= 0.3 is 0 Å². The molecule has 5 rings (SSSR count). The third kappa shape index (κ3) is 3.03. The van der Waals surface area contributed by atoms with E-state index in [0.717, 1.165) is 0 Å². The lowest BCUT2D eigenvalue weighted by Gasteiger charge is -2.33. The lowest BCUT2D eigenvalue weighted by atomic mass is 10.0. The second-order valence-corrected chi connectivity index (χ2v) is 8.75. The highest BCUT2D eigenvalue weighted by atomic mass is 32.2. The average molecular weight is 436 g/mol. The third-order valence-electron chi connectivity index (χ3n) is 5.70. The molecule has 156 valence electrons. The molecule has 0 aliphatic carbocycles. The van der Waals surface area contributed by atoms with Gasteiger partial charge in [0.2, 0.25) is 0 Å². The number of hydrogen-bond acceptors (Lipinski definition) is 3. The van der Waals surface area contributed by atoms with Crippen LogP contribution in [0.5, 0.6) is 0 Å². The number of para-hydroxylation sites is 1. The Morgan fingerprint density at radius 2 is 1.77 bits per heavy atom. The first kappa shape index (κ1) is 19.8. The van der Waals surface area contributed by atoms with Crippen molar-refractivity contribution in [2.75, 3.05) is 17.2 Å². The van der Waals surface area contributed by atoms with Crippen LogP contribution in [0.1, 0.15) is 21.5 Å². The van der Waals surface area contributed by atoms with Crippen molar-refractivity contribution in [2.24, 2.45) is 0 Å². The van der Waals surface area contributed by atoms with E-state index in [-0.39, 0.29) is 23.8 Å². The van der Waals surface area contributed by atoms with Gasteiger partial charge in [-0.1, -0.05) is 42.5 Å². The molecule has 7 heteroatoms. The molecule has 1 saturated heterocycles. The van der Waals surface area contributed by atoms with Crippen LogP contribution in [-0.2, 0) is 16.2 Å². The van der Waals surface area contributed by atoms with Crippen LogP contribution in [0.15, 0.2) is 72.8 Å². The molecule has 0 saturated carbocycles. The number of carbonyl (C=O) groups is 2. The van der Waals surface area contributed by atoms with E-state index in [1.807, 2.05) is 24.3 Å². The van der Waals surface area contributed by atoms with E-state index in [2.05, 4.69) is 0 Å². The molecule has 3 aromatic carbocycles. The number of rotatable bonds is 3. The van der Waals surface area contributed by atoms with E-state index < -0.39 is 16.6 Å². The Hall–Kier alpha value is -3.19. The van der Waals surface area contributed by atoms with Crippen molar-refractivity contribution in [1.82, 2.24) is 4.90 Å².